The van der Waals surface area contributed by atoms with Gasteiger partial charge in [-0.05, 0) is 73.6 Å². The maximum Gasteiger partial charge on any atom is 0.337 e. The number of hydrogen-bond acceptors (Lipinski definition) is 6. The van der Waals surface area contributed by atoms with E-state index in [0.29, 0.717) is 50.0 Å². The highest BCUT2D eigenvalue weighted by Crippen LogP contribution is 2.34. The lowest BCUT2D eigenvalue weighted by atomic mass is 9.82. The number of carbonyl (C=O) groups excluding carboxylic acids is 1. The van der Waals surface area contributed by atoms with Gasteiger partial charge in [0.15, 0.2) is 11.4 Å². The molecule has 7 aromatic rings. The van der Waals surface area contributed by atoms with E-state index >= 15 is 0 Å². The topological polar surface area (TPSA) is 109 Å². The van der Waals surface area contributed by atoms with E-state index in [2.05, 4.69) is 15.1 Å². The molecule has 0 N–H and O–H groups in total. The molecule has 1 aliphatic rings. The Morgan fingerprint density at radius 3 is 2.53 bits per heavy atom. The number of fused-ring (bicyclic) bond motifs is 3. The van der Waals surface area contributed by atoms with Gasteiger partial charge in [0.25, 0.3) is 5.56 Å². The van der Waals surface area contributed by atoms with Crippen molar-refractivity contribution in [1.29, 1.82) is 0 Å². The van der Waals surface area contributed by atoms with Crippen molar-refractivity contribution in [1.82, 2.24) is 33.3 Å². The highest BCUT2D eigenvalue weighted by atomic mass is 19.1. The Bertz CT molecular complexity index is 2380. The molecule has 10 nitrogen and oxygen atoms in total. The van der Waals surface area contributed by atoms with Gasteiger partial charge in [-0.25, -0.2) is 23.7 Å². The highest BCUT2D eigenvalue weighted by Gasteiger charge is 2.29. The largest absolute Gasteiger partial charge is 0.337 e. The van der Waals surface area contributed by atoms with Crippen LogP contribution in [0.4, 0.5) is 4.39 Å². The van der Waals surface area contributed by atoms with Crippen molar-refractivity contribution < 1.29 is 9.18 Å². The van der Waals surface area contributed by atoms with Crippen LogP contribution in [0.15, 0.2) is 107 Å². The maximum absolute atomic E-state index is 14.4. The zero-order valence-corrected chi connectivity index (χ0v) is 25.4. The van der Waals surface area contributed by atoms with Crippen molar-refractivity contribution in [2.45, 2.75) is 44.7 Å². The summed E-state index contributed by atoms with van der Waals surface area (Å²) in [6.07, 6.45) is 9.13. The normalized spacial score (nSPS) is 16.7. The van der Waals surface area contributed by atoms with Crippen LogP contribution < -0.4 is 11.2 Å². The van der Waals surface area contributed by atoms with Crippen LogP contribution in [0.2, 0.25) is 0 Å². The zero-order chi connectivity index (χ0) is 32.1. The summed E-state index contributed by atoms with van der Waals surface area (Å²) in [5.41, 5.74) is 2.67. The number of hydrogen-bond donors (Lipinski definition) is 0. The summed E-state index contributed by atoms with van der Waals surface area (Å²) in [5.74, 6) is -0.569. The molecule has 0 aliphatic heterocycles. The molecule has 47 heavy (non-hydrogen) atoms. The lowest BCUT2D eigenvalue weighted by Crippen LogP contribution is -2.43. The smallest absolute Gasteiger partial charge is 0.306 e. The van der Waals surface area contributed by atoms with Crippen molar-refractivity contribution in [3.05, 3.63) is 135 Å². The average Bonchev–Trinajstić information content (AvgIpc) is 3.71. The van der Waals surface area contributed by atoms with Crippen molar-refractivity contribution >= 4 is 33.4 Å². The second-order valence-electron chi connectivity index (χ2n) is 12.2. The Kier molecular flexibility index (Phi) is 7.08. The number of nitrogens with zero attached hydrogens (tertiary/aromatic N) is 7. The van der Waals surface area contributed by atoms with E-state index in [1.165, 1.54) is 9.13 Å². The zero-order valence-electron chi connectivity index (χ0n) is 25.4. The number of Topliss-reactive ketones (excluding diaryl/α,β-unsaturated/α-hetero) is 1. The van der Waals surface area contributed by atoms with E-state index in [-0.39, 0.29) is 22.7 Å². The van der Waals surface area contributed by atoms with Gasteiger partial charge >= 0.3 is 5.69 Å². The number of benzene rings is 2. The molecule has 2 aromatic carbocycles. The Hall–Kier alpha value is -5.71. The number of rotatable bonds is 7. The van der Waals surface area contributed by atoms with Crippen LogP contribution >= 0.6 is 0 Å². The lowest BCUT2D eigenvalue weighted by Gasteiger charge is -2.29. The summed E-state index contributed by atoms with van der Waals surface area (Å²) in [6, 6.07) is 21.9. The first-order valence-corrected chi connectivity index (χ1v) is 15.7. The van der Waals surface area contributed by atoms with Gasteiger partial charge in [0, 0.05) is 30.2 Å². The number of imidazole rings is 1. The molecule has 1 aliphatic carbocycles. The first kappa shape index (κ1) is 28.7. The minimum atomic E-state index is -0.654. The van der Waals surface area contributed by atoms with Crippen molar-refractivity contribution in [3.8, 4) is 5.69 Å². The van der Waals surface area contributed by atoms with E-state index < -0.39 is 23.1 Å². The first-order valence-electron chi connectivity index (χ1n) is 15.7. The van der Waals surface area contributed by atoms with Crippen molar-refractivity contribution in [2.24, 2.45) is 5.92 Å². The van der Waals surface area contributed by atoms with Gasteiger partial charge < -0.3 is 4.40 Å². The minimum Gasteiger partial charge on any atom is -0.306 e. The molecule has 0 bridgehead atoms. The molecule has 234 valence electrons. The average molecular weight is 628 g/mol. The first-order chi connectivity index (χ1) is 22.9. The predicted molar refractivity (Wildman–Crippen MR) is 176 cm³/mol. The molecular weight excluding hydrogens is 597 g/mol. The van der Waals surface area contributed by atoms with Gasteiger partial charge in [0.1, 0.15) is 17.2 Å². The molecule has 0 amide bonds. The van der Waals surface area contributed by atoms with Gasteiger partial charge in [-0.15, -0.1) is 0 Å². The minimum absolute atomic E-state index is 0.0218. The van der Waals surface area contributed by atoms with E-state index in [1.807, 2.05) is 75.9 Å². The van der Waals surface area contributed by atoms with Crippen molar-refractivity contribution in [2.75, 3.05) is 0 Å². The second-order valence-corrected chi connectivity index (χ2v) is 12.2. The number of carbonyl (C=O) groups is 1. The molecule has 5 heterocycles. The maximum atomic E-state index is 14.4. The van der Waals surface area contributed by atoms with Gasteiger partial charge in [0.05, 0.1) is 35.5 Å². The van der Waals surface area contributed by atoms with Gasteiger partial charge in [-0.1, -0.05) is 36.4 Å². The summed E-state index contributed by atoms with van der Waals surface area (Å²) in [7, 11) is 0. The number of halogens is 1. The highest BCUT2D eigenvalue weighted by molar-refractivity contribution is 5.95. The third-order valence-corrected chi connectivity index (χ3v) is 9.26. The Labute approximate surface area is 267 Å². The van der Waals surface area contributed by atoms with E-state index in [9.17, 15) is 18.8 Å². The molecule has 8 rings (SSSR count). The van der Waals surface area contributed by atoms with E-state index in [4.69, 9.17) is 0 Å². The standard InChI is InChI=1S/C36H30FN7O3/c37-26-18-29-34(38-20-26)43(28-13-14-31-25(17-28)19-39-42(31)21-24-6-2-1-3-7-24)36(47)44(35(29)46)27-11-9-23(10-12-27)16-32(45)30-22-41-15-5-4-8-33(41)40-30/h1-8,13-15,17-20,22-23,27H,9-12,16,21H2. The van der Waals surface area contributed by atoms with Crippen LogP contribution in [0.25, 0.3) is 33.3 Å². The third kappa shape index (κ3) is 5.23. The monoisotopic (exact) mass is 627 g/mol. The third-order valence-electron chi connectivity index (χ3n) is 9.26. The van der Waals surface area contributed by atoms with Gasteiger partial charge in [-0.2, -0.15) is 5.10 Å². The molecule has 11 heteroatoms. The summed E-state index contributed by atoms with van der Waals surface area (Å²) in [4.78, 5) is 49.7. The van der Waals surface area contributed by atoms with Crippen LogP contribution in [0.1, 0.15) is 54.2 Å². The van der Waals surface area contributed by atoms with Crippen molar-refractivity contribution in [3.63, 3.8) is 0 Å². The molecule has 0 saturated heterocycles. The van der Waals surface area contributed by atoms with Crippen LogP contribution in [0, 0.1) is 11.7 Å². The lowest BCUT2D eigenvalue weighted by molar-refractivity contribution is 0.0938. The summed E-state index contributed by atoms with van der Waals surface area (Å²) >= 11 is 0. The fourth-order valence-corrected chi connectivity index (χ4v) is 6.88. The van der Waals surface area contributed by atoms with Crippen LogP contribution in [-0.2, 0) is 6.54 Å². The molecule has 1 fully saturated rings. The molecular formula is C36H30FN7O3. The summed E-state index contributed by atoms with van der Waals surface area (Å²) in [6.45, 7) is 0.589. The van der Waals surface area contributed by atoms with Crippen LogP contribution in [-0.4, -0.2) is 39.1 Å². The fraction of sp³-hybridized carbons (Fsp3) is 0.222. The molecule has 0 unspecified atom stereocenters. The molecule has 0 spiro atoms. The van der Waals surface area contributed by atoms with E-state index in [1.54, 1.807) is 18.5 Å². The van der Waals surface area contributed by atoms with Gasteiger partial charge in [0.2, 0.25) is 0 Å². The molecule has 0 atom stereocenters. The van der Waals surface area contributed by atoms with E-state index in [0.717, 1.165) is 34.4 Å². The predicted octanol–water partition coefficient (Wildman–Crippen LogP) is 5.74. The Morgan fingerprint density at radius 1 is 0.915 bits per heavy atom. The molecule has 1 saturated carbocycles. The fourth-order valence-electron chi connectivity index (χ4n) is 6.88. The SMILES string of the molecule is O=C(CC1CCC(n2c(=O)c3cc(F)cnc3n(-c3ccc4c(cnn4Cc4ccccc4)c3)c2=O)CC1)c1cn2ccccc2n1. The van der Waals surface area contributed by atoms with Gasteiger partial charge in [-0.3, -0.25) is 18.8 Å². The Balaban J connectivity index is 1.10. The van der Waals surface area contributed by atoms with Crippen LogP contribution in [0.5, 0.6) is 0 Å². The number of ketones is 1. The second kappa shape index (κ2) is 11.6. The summed E-state index contributed by atoms with van der Waals surface area (Å²) < 4.78 is 20.8. The molecule has 5 aromatic heterocycles. The molecule has 0 radical (unpaired) electrons. The number of pyridine rings is 2. The Morgan fingerprint density at radius 2 is 1.72 bits per heavy atom. The number of aromatic nitrogens is 7. The van der Waals surface area contributed by atoms with Crippen LogP contribution in [0.3, 0.4) is 0 Å². The quantitative estimate of drug-likeness (QED) is 0.209. The summed E-state index contributed by atoms with van der Waals surface area (Å²) in [5, 5.41) is 5.41.